The van der Waals surface area contributed by atoms with Gasteiger partial charge in [0.25, 0.3) is 0 Å². The van der Waals surface area contributed by atoms with Gasteiger partial charge in [0.15, 0.2) is 7.14 Å². The Bertz CT molecular complexity index is 3650. The molecule has 5 nitrogen and oxygen atoms in total. The minimum Gasteiger partial charge on any atom is -0.456 e. The lowest BCUT2D eigenvalue weighted by Crippen LogP contribution is -2.49. The maximum atomic E-state index is 16.7. The van der Waals surface area contributed by atoms with E-state index in [1.807, 2.05) is 79.1 Å². The van der Waals surface area contributed by atoms with Crippen LogP contribution in [-0.4, -0.2) is 9.97 Å². The van der Waals surface area contributed by atoms with E-state index in [0.29, 0.717) is 0 Å². The molecule has 8 aromatic carbocycles. The van der Waals surface area contributed by atoms with Gasteiger partial charge in [0.1, 0.15) is 11.2 Å². The quantitative estimate of drug-likeness (QED) is 0.161. The van der Waals surface area contributed by atoms with Crippen molar-refractivity contribution in [3.05, 3.63) is 253 Å². The van der Waals surface area contributed by atoms with Gasteiger partial charge in [-0.05, 0) is 100 Å². The average molecular weight is 852 g/mol. The number of furan rings is 1. The Labute approximate surface area is 376 Å². The first-order valence-corrected chi connectivity index (χ1v) is 23.6. The molecule has 306 valence electrons. The number of aromatic nitrogens is 2. The highest BCUT2D eigenvalue weighted by Gasteiger charge is 2.55. The molecule has 0 radical (unpaired) electrons. The summed E-state index contributed by atoms with van der Waals surface area (Å²) in [6.07, 6.45) is 3.63. The molecule has 5 heterocycles. The van der Waals surface area contributed by atoms with Crippen LogP contribution in [0, 0.1) is 0 Å². The Morgan fingerprint density at radius 2 is 1.06 bits per heavy atom. The molecule has 0 aliphatic carbocycles. The van der Waals surface area contributed by atoms with Crippen LogP contribution in [0.1, 0.15) is 22.3 Å². The molecule has 0 fully saturated rings. The molecular weight excluding hydrogens is 814 g/mol. The summed E-state index contributed by atoms with van der Waals surface area (Å²) in [4.78, 5) is 11.9. The summed E-state index contributed by atoms with van der Waals surface area (Å²) in [6, 6.07) is 76.2. The van der Waals surface area contributed by atoms with Crippen LogP contribution in [0.2, 0.25) is 0 Å². The molecular formula is C59H38N3O2P. The fourth-order valence-corrected chi connectivity index (χ4v) is 13.8. The molecule has 65 heavy (non-hydrogen) atoms. The summed E-state index contributed by atoms with van der Waals surface area (Å²) in [5.74, 6) is 0. The van der Waals surface area contributed by atoms with Crippen LogP contribution in [0.25, 0.3) is 55.6 Å². The van der Waals surface area contributed by atoms with Crippen molar-refractivity contribution in [3.63, 3.8) is 0 Å². The van der Waals surface area contributed by atoms with E-state index in [9.17, 15) is 0 Å². The summed E-state index contributed by atoms with van der Waals surface area (Å²) in [5, 5.41) is 4.43. The number of fused-ring (bicyclic) bond motifs is 11. The molecule has 0 N–H and O–H groups in total. The first kappa shape index (κ1) is 37.4. The highest BCUT2D eigenvalue weighted by atomic mass is 31.2. The van der Waals surface area contributed by atoms with Gasteiger partial charge in [-0.2, -0.15) is 0 Å². The van der Waals surface area contributed by atoms with E-state index in [2.05, 4.69) is 162 Å². The molecule has 1 spiro atoms. The van der Waals surface area contributed by atoms with Crippen LogP contribution in [0.3, 0.4) is 0 Å². The molecule has 3 aromatic heterocycles. The van der Waals surface area contributed by atoms with Crippen molar-refractivity contribution in [1.82, 2.24) is 9.97 Å². The minimum atomic E-state index is -3.50. The van der Waals surface area contributed by atoms with Crippen molar-refractivity contribution in [2.75, 3.05) is 4.90 Å². The zero-order chi connectivity index (χ0) is 43.1. The SMILES string of the molecule is O=P1(c2ccccc2)c2ccccc2C2(c3ccccc3N(c3ccccc3)c3cc(-c4cc(-c5ccccc5)nc(-c5ccncc5)c4)ccc32)c2cc3c(cc21)oc1ccccc13. The van der Waals surface area contributed by atoms with Crippen LogP contribution in [-0.2, 0) is 9.98 Å². The standard InChI is InChI=1S/C59H38N3O2P/c63-65(44-20-8-3-9-21-44)57-27-15-12-24-49(57)59(50-37-46-45-22-10-14-26-55(45)64-56(46)38-58(50)65)47-23-11-13-25-53(47)62(43-18-6-2-7-19-43)54-36-41(28-29-48(54)59)42-34-51(39-16-4-1-5-17-39)61-52(35-42)40-30-32-60-33-31-40/h1-38H. The summed E-state index contributed by atoms with van der Waals surface area (Å²) >= 11 is 0. The van der Waals surface area contributed by atoms with Crippen molar-refractivity contribution < 1.29 is 8.98 Å². The fourth-order valence-electron chi connectivity index (χ4n) is 10.6. The van der Waals surface area contributed by atoms with Gasteiger partial charge in [0.2, 0.25) is 0 Å². The highest BCUT2D eigenvalue weighted by Crippen LogP contribution is 2.63. The first-order valence-electron chi connectivity index (χ1n) is 21.9. The number of nitrogens with zero attached hydrogens (tertiary/aromatic N) is 3. The van der Waals surface area contributed by atoms with E-state index in [0.717, 1.165) is 111 Å². The van der Waals surface area contributed by atoms with E-state index >= 15 is 4.57 Å². The lowest BCUT2D eigenvalue weighted by Gasteiger charge is -2.50. The van der Waals surface area contributed by atoms with Crippen LogP contribution in [0.15, 0.2) is 235 Å². The molecule has 0 saturated carbocycles. The summed E-state index contributed by atoms with van der Waals surface area (Å²) < 4.78 is 23.4. The van der Waals surface area contributed by atoms with E-state index in [1.54, 1.807) is 0 Å². The van der Waals surface area contributed by atoms with Gasteiger partial charge in [0.05, 0.1) is 28.2 Å². The molecule has 0 saturated heterocycles. The van der Waals surface area contributed by atoms with Crippen molar-refractivity contribution in [2.45, 2.75) is 5.41 Å². The molecule has 11 aromatic rings. The van der Waals surface area contributed by atoms with Crippen molar-refractivity contribution >= 4 is 62.1 Å². The third kappa shape index (κ3) is 5.49. The normalized spacial score (nSPS) is 17.1. The van der Waals surface area contributed by atoms with Crippen molar-refractivity contribution in [2.24, 2.45) is 0 Å². The fraction of sp³-hybridized carbons (Fsp3) is 0.0169. The maximum Gasteiger partial charge on any atom is 0.171 e. The van der Waals surface area contributed by atoms with Crippen LogP contribution < -0.4 is 20.8 Å². The number of benzene rings is 8. The smallest absolute Gasteiger partial charge is 0.171 e. The minimum absolute atomic E-state index is 0.720. The van der Waals surface area contributed by atoms with E-state index in [4.69, 9.17) is 9.40 Å². The summed E-state index contributed by atoms with van der Waals surface area (Å²) in [7, 11) is -3.50. The number of hydrogen-bond donors (Lipinski definition) is 0. The second kappa shape index (κ2) is 14.5. The Balaban J connectivity index is 1.16. The van der Waals surface area contributed by atoms with Crippen LogP contribution in [0.5, 0.6) is 0 Å². The van der Waals surface area contributed by atoms with Crippen molar-refractivity contribution in [1.29, 1.82) is 0 Å². The molecule has 6 heteroatoms. The largest absolute Gasteiger partial charge is 0.456 e. The number of pyridine rings is 2. The third-order valence-electron chi connectivity index (χ3n) is 13.4. The van der Waals surface area contributed by atoms with Crippen molar-refractivity contribution in [3.8, 4) is 33.6 Å². The molecule has 13 rings (SSSR count). The highest BCUT2D eigenvalue weighted by molar-refractivity contribution is 7.85. The van der Waals surface area contributed by atoms with Gasteiger partial charge in [-0.25, -0.2) is 4.98 Å². The maximum absolute atomic E-state index is 16.7. The number of rotatable bonds is 5. The number of hydrogen-bond acceptors (Lipinski definition) is 5. The molecule has 2 aliphatic rings. The van der Waals surface area contributed by atoms with Gasteiger partial charge >= 0.3 is 0 Å². The predicted molar refractivity (Wildman–Crippen MR) is 265 cm³/mol. The lowest BCUT2D eigenvalue weighted by molar-refractivity contribution is 0.590. The summed E-state index contributed by atoms with van der Waals surface area (Å²) in [6.45, 7) is 0. The predicted octanol–water partition coefficient (Wildman–Crippen LogP) is 13.5. The Morgan fingerprint density at radius 1 is 0.431 bits per heavy atom. The van der Waals surface area contributed by atoms with Gasteiger partial charge in [-0.1, -0.05) is 152 Å². The lowest BCUT2D eigenvalue weighted by atomic mass is 9.61. The molecule has 0 bridgehead atoms. The molecule has 0 amide bonds. The van der Waals surface area contributed by atoms with Gasteiger partial charge in [0, 0.05) is 55.9 Å². The zero-order valence-corrected chi connectivity index (χ0v) is 35.9. The van der Waals surface area contributed by atoms with E-state index in [-0.39, 0.29) is 0 Å². The average Bonchev–Trinajstić information content (AvgIpc) is 3.75. The van der Waals surface area contributed by atoms with Crippen LogP contribution in [0.4, 0.5) is 17.1 Å². The Morgan fingerprint density at radius 3 is 1.85 bits per heavy atom. The van der Waals surface area contributed by atoms with E-state index < -0.39 is 12.6 Å². The van der Waals surface area contributed by atoms with Crippen LogP contribution >= 0.6 is 7.14 Å². The topological polar surface area (TPSA) is 59.2 Å². The second-order valence-corrected chi connectivity index (χ2v) is 19.5. The van der Waals surface area contributed by atoms with Gasteiger partial charge < -0.3 is 13.9 Å². The summed E-state index contributed by atoms with van der Waals surface area (Å²) in [5.41, 5.74) is 13.8. The Kier molecular flexibility index (Phi) is 8.33. The monoisotopic (exact) mass is 851 g/mol. The second-order valence-electron chi connectivity index (χ2n) is 16.8. The molecule has 2 aliphatic heterocycles. The third-order valence-corrected chi connectivity index (χ3v) is 16.6. The molecule has 2 unspecified atom stereocenters. The number of para-hydroxylation sites is 3. The van der Waals surface area contributed by atoms with E-state index in [1.165, 1.54) is 0 Å². The zero-order valence-electron chi connectivity index (χ0n) is 35.0. The Hall–Kier alpha value is -8.11. The molecule has 2 atom stereocenters. The van der Waals surface area contributed by atoms with Gasteiger partial charge in [-0.15, -0.1) is 0 Å². The number of anilines is 3. The first-order chi connectivity index (χ1) is 32.1. The van der Waals surface area contributed by atoms with Gasteiger partial charge in [-0.3, -0.25) is 4.98 Å².